The zero-order chi connectivity index (χ0) is 21.3. The molecule has 0 spiro atoms. The van der Waals surface area contributed by atoms with Crippen molar-refractivity contribution in [3.8, 4) is 0 Å². The third kappa shape index (κ3) is 5.21. The maximum Gasteiger partial charge on any atom is 0.333 e. The molecule has 0 aliphatic heterocycles. The van der Waals surface area contributed by atoms with Gasteiger partial charge in [0.05, 0.1) is 12.2 Å². The molecule has 0 bridgehead atoms. The fourth-order valence-corrected chi connectivity index (χ4v) is 4.35. The van der Waals surface area contributed by atoms with Gasteiger partial charge in [0.15, 0.2) is 0 Å². The molecule has 11 heteroatoms. The molecule has 0 saturated heterocycles. The quantitative estimate of drug-likeness (QED) is 0.563. The third-order valence-electron chi connectivity index (χ3n) is 5.88. The fraction of sp³-hybridized carbons (Fsp3) is 0.579. The summed E-state index contributed by atoms with van der Waals surface area (Å²) in [5, 5.41) is 12.6. The van der Waals surface area contributed by atoms with Gasteiger partial charge in [0.2, 0.25) is 5.78 Å². The monoisotopic (exact) mass is 434 g/mol. The number of nitrogens with one attached hydrogen (secondary N) is 1. The smallest absolute Gasteiger partial charge is 0.333 e. The highest BCUT2D eigenvalue weighted by molar-refractivity contribution is 7.84. The molecule has 30 heavy (non-hydrogen) atoms. The molecule has 2 aliphatic rings. The van der Waals surface area contributed by atoms with E-state index in [4.69, 9.17) is 9.32 Å². The summed E-state index contributed by atoms with van der Waals surface area (Å²) in [6.45, 7) is 3.10. The van der Waals surface area contributed by atoms with E-state index in [0.717, 1.165) is 25.3 Å². The molecule has 3 N–H and O–H groups in total. The Morgan fingerprint density at radius 2 is 2.17 bits per heavy atom. The standard InChI is InChI=1S/C19H26N6O4S/c1-12-6-14(12)9-25-5-4-17(24-25)18(26)16-8-21-11-22-19(16)23-15-3-2-13(7-15)10-29-30(20,27)28/h4-5,8,11-15H,2-3,6-7,9-10H2,1H3,(H2,20,27,28)(H,21,22,23). The number of aromatic nitrogens is 4. The Hall–Kier alpha value is -2.37. The highest BCUT2D eigenvalue weighted by Gasteiger charge is 2.33. The SMILES string of the molecule is CC1CC1Cn1ccc(C(=O)c2cncnc2NC2CCC(COS(N)(=O)=O)C2)n1. The summed E-state index contributed by atoms with van der Waals surface area (Å²) in [6.07, 6.45) is 8.23. The lowest BCUT2D eigenvalue weighted by Crippen LogP contribution is -2.22. The van der Waals surface area contributed by atoms with Crippen molar-refractivity contribution in [2.75, 3.05) is 11.9 Å². The normalized spacial score (nSPS) is 25.9. The highest BCUT2D eigenvalue weighted by Crippen LogP contribution is 2.38. The van der Waals surface area contributed by atoms with Gasteiger partial charge in [0, 0.05) is 25.0 Å². The van der Waals surface area contributed by atoms with Crippen LogP contribution >= 0.6 is 0 Å². The summed E-state index contributed by atoms with van der Waals surface area (Å²) >= 11 is 0. The predicted octanol–water partition coefficient (Wildman–Crippen LogP) is 1.36. The van der Waals surface area contributed by atoms with E-state index in [-0.39, 0.29) is 24.3 Å². The number of carbonyl (C=O) groups is 1. The van der Waals surface area contributed by atoms with Crippen LogP contribution in [0.3, 0.4) is 0 Å². The van der Waals surface area contributed by atoms with Gasteiger partial charge < -0.3 is 5.32 Å². The van der Waals surface area contributed by atoms with Crippen LogP contribution in [0.5, 0.6) is 0 Å². The van der Waals surface area contributed by atoms with Crippen molar-refractivity contribution in [3.05, 3.63) is 36.0 Å². The number of hydrogen-bond donors (Lipinski definition) is 2. The van der Waals surface area contributed by atoms with Crippen LogP contribution in [0, 0.1) is 17.8 Å². The van der Waals surface area contributed by atoms with Crippen LogP contribution in [-0.2, 0) is 21.0 Å². The molecule has 2 aromatic heterocycles. The molecule has 10 nitrogen and oxygen atoms in total. The number of nitrogens with zero attached hydrogens (tertiary/aromatic N) is 4. The maximum absolute atomic E-state index is 13.0. The van der Waals surface area contributed by atoms with E-state index in [1.165, 1.54) is 18.9 Å². The van der Waals surface area contributed by atoms with Crippen LogP contribution in [-0.4, -0.2) is 46.6 Å². The topological polar surface area (TPSA) is 142 Å². The molecule has 4 rings (SSSR count). The summed E-state index contributed by atoms with van der Waals surface area (Å²) in [5.41, 5.74) is 0.735. The maximum atomic E-state index is 13.0. The molecular formula is C19H26N6O4S. The molecule has 2 fully saturated rings. The van der Waals surface area contributed by atoms with Crippen molar-refractivity contribution in [1.82, 2.24) is 19.7 Å². The van der Waals surface area contributed by atoms with Gasteiger partial charge in [-0.25, -0.2) is 15.1 Å². The molecule has 4 atom stereocenters. The average Bonchev–Trinajstić information content (AvgIpc) is 3.09. The van der Waals surface area contributed by atoms with Crippen molar-refractivity contribution < 1.29 is 17.4 Å². The van der Waals surface area contributed by atoms with Gasteiger partial charge in [-0.05, 0) is 49.5 Å². The van der Waals surface area contributed by atoms with E-state index in [9.17, 15) is 13.2 Å². The van der Waals surface area contributed by atoms with Crippen molar-refractivity contribution in [1.29, 1.82) is 0 Å². The Labute approximate surface area is 175 Å². The number of nitrogens with two attached hydrogens (primary N) is 1. The summed E-state index contributed by atoms with van der Waals surface area (Å²) in [4.78, 5) is 21.3. The van der Waals surface area contributed by atoms with Crippen LogP contribution in [0.25, 0.3) is 0 Å². The number of anilines is 1. The molecule has 2 aliphatic carbocycles. The fourth-order valence-electron chi connectivity index (χ4n) is 3.97. The second-order valence-corrected chi connectivity index (χ2v) is 9.53. The van der Waals surface area contributed by atoms with Crippen molar-refractivity contribution in [2.24, 2.45) is 22.9 Å². The first kappa shape index (κ1) is 20.9. The molecule has 0 aromatic carbocycles. The lowest BCUT2D eigenvalue weighted by Gasteiger charge is -2.15. The molecular weight excluding hydrogens is 408 g/mol. The molecule has 162 valence electrons. The van der Waals surface area contributed by atoms with Crippen molar-refractivity contribution in [3.63, 3.8) is 0 Å². The van der Waals surface area contributed by atoms with Gasteiger partial charge in [-0.15, -0.1) is 0 Å². The number of rotatable bonds is 9. The zero-order valence-corrected chi connectivity index (χ0v) is 17.6. The number of carbonyl (C=O) groups excluding carboxylic acids is 1. The second kappa shape index (κ2) is 8.40. The lowest BCUT2D eigenvalue weighted by molar-refractivity contribution is 0.103. The lowest BCUT2D eigenvalue weighted by atomic mass is 10.1. The molecule has 2 aromatic rings. The summed E-state index contributed by atoms with van der Waals surface area (Å²) < 4.78 is 28.5. The number of ketones is 1. The van der Waals surface area contributed by atoms with E-state index < -0.39 is 10.3 Å². The molecule has 2 heterocycles. The van der Waals surface area contributed by atoms with Crippen molar-refractivity contribution >= 4 is 21.9 Å². The van der Waals surface area contributed by atoms with Gasteiger partial charge in [-0.3, -0.25) is 13.7 Å². The highest BCUT2D eigenvalue weighted by atomic mass is 32.2. The average molecular weight is 435 g/mol. The van der Waals surface area contributed by atoms with Crippen LogP contribution in [0.15, 0.2) is 24.8 Å². The van der Waals surface area contributed by atoms with Crippen LogP contribution < -0.4 is 10.5 Å². The largest absolute Gasteiger partial charge is 0.367 e. The predicted molar refractivity (Wildman–Crippen MR) is 109 cm³/mol. The first-order chi connectivity index (χ1) is 14.3. The van der Waals surface area contributed by atoms with E-state index in [2.05, 4.69) is 27.3 Å². The zero-order valence-electron chi connectivity index (χ0n) is 16.8. The first-order valence-corrected chi connectivity index (χ1v) is 11.6. The van der Waals surface area contributed by atoms with Gasteiger partial charge in [-0.2, -0.15) is 13.5 Å². The van der Waals surface area contributed by atoms with Crippen LogP contribution in [0.4, 0.5) is 5.82 Å². The third-order valence-corrected chi connectivity index (χ3v) is 6.34. The first-order valence-electron chi connectivity index (χ1n) is 10.1. The Morgan fingerprint density at radius 3 is 2.90 bits per heavy atom. The van der Waals surface area contributed by atoms with Gasteiger partial charge in [0.1, 0.15) is 17.8 Å². The van der Waals surface area contributed by atoms with Crippen LogP contribution in [0.2, 0.25) is 0 Å². The van der Waals surface area contributed by atoms with E-state index in [0.29, 0.717) is 29.4 Å². The Morgan fingerprint density at radius 1 is 1.37 bits per heavy atom. The molecule has 2 saturated carbocycles. The Balaban J connectivity index is 1.40. The summed E-state index contributed by atoms with van der Waals surface area (Å²) in [6, 6.07) is 1.77. The van der Waals surface area contributed by atoms with Gasteiger partial charge in [0.25, 0.3) is 0 Å². The number of hydrogen-bond acceptors (Lipinski definition) is 8. The molecule has 0 amide bonds. The van der Waals surface area contributed by atoms with E-state index >= 15 is 0 Å². The summed E-state index contributed by atoms with van der Waals surface area (Å²) in [7, 11) is -3.94. The van der Waals surface area contributed by atoms with E-state index in [1.807, 2.05) is 10.9 Å². The van der Waals surface area contributed by atoms with E-state index in [1.54, 1.807) is 6.07 Å². The molecule has 4 unspecified atom stereocenters. The van der Waals surface area contributed by atoms with Crippen molar-refractivity contribution in [2.45, 2.75) is 45.2 Å². The minimum atomic E-state index is -3.94. The van der Waals surface area contributed by atoms with Gasteiger partial charge in [-0.1, -0.05) is 6.92 Å². The Bertz CT molecular complexity index is 1020. The molecule has 0 radical (unpaired) electrons. The van der Waals surface area contributed by atoms with Gasteiger partial charge >= 0.3 is 10.3 Å². The van der Waals surface area contributed by atoms with Crippen LogP contribution in [0.1, 0.15) is 48.7 Å². The summed E-state index contributed by atoms with van der Waals surface area (Å²) in [5.74, 6) is 1.66. The minimum absolute atomic E-state index is 0.0504. The second-order valence-electron chi connectivity index (χ2n) is 8.31. The minimum Gasteiger partial charge on any atom is -0.367 e. The Kier molecular flexibility index (Phi) is 5.85.